The number of carbonyl (C=O) groups is 1. The molecule has 0 amide bonds. The number of thioether (sulfide) groups is 1. The van der Waals surface area contributed by atoms with E-state index in [0.717, 1.165) is 15.8 Å². The molecule has 4 heteroatoms. The molecule has 1 aromatic rings. The first-order valence-electron chi connectivity index (χ1n) is 4.47. The fraction of sp³-hybridized carbons (Fsp3) is 0.364. The first-order valence-corrected chi connectivity index (χ1v) is 7.73. The number of halogens is 2. The number of benzene rings is 1. The van der Waals surface area contributed by atoms with Gasteiger partial charge in [0.1, 0.15) is 5.78 Å². The summed E-state index contributed by atoms with van der Waals surface area (Å²) in [6.45, 7) is 1.60. The zero-order valence-electron chi connectivity index (χ0n) is 8.59. The third-order valence-electron chi connectivity index (χ3n) is 2.08. The molecule has 0 radical (unpaired) electrons. The summed E-state index contributed by atoms with van der Waals surface area (Å²) < 4.78 is 0. The Morgan fingerprint density at radius 2 is 2.20 bits per heavy atom. The molecular weight excluding hydrogens is 340 g/mol. The van der Waals surface area contributed by atoms with Crippen LogP contribution in [0.5, 0.6) is 0 Å². The van der Waals surface area contributed by atoms with Gasteiger partial charge in [-0.15, -0.1) is 11.8 Å². The van der Waals surface area contributed by atoms with Gasteiger partial charge in [0.15, 0.2) is 0 Å². The van der Waals surface area contributed by atoms with Crippen molar-refractivity contribution in [3.63, 3.8) is 0 Å². The van der Waals surface area contributed by atoms with Crippen LogP contribution in [-0.4, -0.2) is 12.0 Å². The van der Waals surface area contributed by atoms with Crippen LogP contribution >= 0.6 is 43.6 Å². The van der Waals surface area contributed by atoms with Gasteiger partial charge in [0.2, 0.25) is 0 Å². The van der Waals surface area contributed by atoms with Crippen LogP contribution in [0, 0.1) is 0 Å². The van der Waals surface area contributed by atoms with Crippen molar-refractivity contribution in [1.29, 1.82) is 0 Å². The Hall–Kier alpha value is 0.200. The molecule has 1 atom stereocenters. The molecule has 0 saturated carbocycles. The average molecular weight is 352 g/mol. The van der Waals surface area contributed by atoms with Crippen molar-refractivity contribution < 1.29 is 4.79 Å². The van der Waals surface area contributed by atoms with Crippen molar-refractivity contribution in [3.05, 3.63) is 29.3 Å². The lowest BCUT2D eigenvalue weighted by Crippen LogP contribution is -2.02. The van der Waals surface area contributed by atoms with Crippen molar-refractivity contribution in [1.82, 2.24) is 0 Å². The topological polar surface area (TPSA) is 17.1 Å². The Morgan fingerprint density at radius 3 is 2.67 bits per heavy atom. The van der Waals surface area contributed by atoms with Crippen LogP contribution in [0.15, 0.2) is 23.1 Å². The quantitative estimate of drug-likeness (QED) is 0.593. The van der Waals surface area contributed by atoms with E-state index >= 15 is 0 Å². The SMILES string of the molecule is CSc1cc(CBr)ccc1C(Br)C(C)=O. The van der Waals surface area contributed by atoms with Crippen molar-refractivity contribution >= 4 is 49.4 Å². The van der Waals surface area contributed by atoms with Gasteiger partial charge in [-0.1, -0.05) is 44.0 Å². The maximum Gasteiger partial charge on any atom is 0.147 e. The van der Waals surface area contributed by atoms with E-state index in [1.54, 1.807) is 18.7 Å². The van der Waals surface area contributed by atoms with E-state index in [2.05, 4.69) is 37.9 Å². The largest absolute Gasteiger partial charge is 0.298 e. The molecule has 0 heterocycles. The van der Waals surface area contributed by atoms with Crippen LogP contribution in [0.1, 0.15) is 22.9 Å². The van der Waals surface area contributed by atoms with Gasteiger partial charge in [0.05, 0.1) is 4.83 Å². The number of Topliss-reactive ketones (excluding diaryl/α,β-unsaturated/α-hetero) is 1. The first kappa shape index (κ1) is 13.3. The van der Waals surface area contributed by atoms with E-state index in [1.807, 2.05) is 18.4 Å². The maximum atomic E-state index is 11.3. The van der Waals surface area contributed by atoms with Crippen LogP contribution < -0.4 is 0 Å². The average Bonchev–Trinajstić information content (AvgIpc) is 2.27. The van der Waals surface area contributed by atoms with Crippen LogP contribution in [0.25, 0.3) is 0 Å². The lowest BCUT2D eigenvalue weighted by Gasteiger charge is -2.12. The van der Waals surface area contributed by atoms with Gasteiger partial charge in [-0.05, 0) is 30.4 Å². The van der Waals surface area contributed by atoms with Gasteiger partial charge in [0.25, 0.3) is 0 Å². The van der Waals surface area contributed by atoms with Gasteiger partial charge in [-0.3, -0.25) is 4.79 Å². The van der Waals surface area contributed by atoms with Gasteiger partial charge in [0, 0.05) is 10.2 Å². The normalized spacial score (nSPS) is 12.5. The minimum atomic E-state index is -0.190. The van der Waals surface area contributed by atoms with E-state index in [9.17, 15) is 4.79 Å². The van der Waals surface area contributed by atoms with Crippen molar-refractivity contribution in [2.45, 2.75) is 22.0 Å². The Bertz CT molecular complexity index is 366. The number of carbonyl (C=O) groups excluding carboxylic acids is 1. The van der Waals surface area contributed by atoms with Crippen molar-refractivity contribution in [2.75, 3.05) is 6.26 Å². The third kappa shape index (κ3) is 3.33. The summed E-state index contributed by atoms with van der Waals surface area (Å²) in [5.41, 5.74) is 2.28. The predicted molar refractivity (Wildman–Crippen MR) is 73.2 cm³/mol. The molecule has 1 aromatic carbocycles. The molecule has 0 aliphatic carbocycles. The van der Waals surface area contributed by atoms with Gasteiger partial charge in [-0.25, -0.2) is 0 Å². The predicted octanol–water partition coefficient (Wildman–Crippen LogP) is 4.33. The highest BCUT2D eigenvalue weighted by Gasteiger charge is 2.16. The van der Waals surface area contributed by atoms with Crippen molar-refractivity contribution in [2.24, 2.45) is 0 Å². The van der Waals surface area contributed by atoms with Crippen LogP contribution in [0.4, 0.5) is 0 Å². The maximum absolute atomic E-state index is 11.3. The zero-order chi connectivity index (χ0) is 11.4. The molecule has 82 valence electrons. The minimum absolute atomic E-state index is 0.136. The monoisotopic (exact) mass is 350 g/mol. The Kier molecular flexibility index (Phi) is 5.36. The highest BCUT2D eigenvalue weighted by Crippen LogP contribution is 2.33. The second kappa shape index (κ2) is 6.06. The summed E-state index contributed by atoms with van der Waals surface area (Å²) in [5, 5.41) is 0.841. The van der Waals surface area contributed by atoms with Crippen LogP contribution in [-0.2, 0) is 10.1 Å². The summed E-state index contributed by atoms with van der Waals surface area (Å²) in [5.74, 6) is 0.136. The molecule has 1 nitrogen and oxygen atoms in total. The summed E-state index contributed by atoms with van der Waals surface area (Å²) in [6.07, 6.45) is 2.02. The number of hydrogen-bond acceptors (Lipinski definition) is 2. The number of hydrogen-bond donors (Lipinski definition) is 0. The van der Waals surface area contributed by atoms with Gasteiger partial charge < -0.3 is 0 Å². The molecule has 0 aliphatic rings. The summed E-state index contributed by atoms with van der Waals surface area (Å²) >= 11 is 8.50. The van der Waals surface area contributed by atoms with E-state index in [0.29, 0.717) is 0 Å². The highest BCUT2D eigenvalue weighted by molar-refractivity contribution is 9.09. The van der Waals surface area contributed by atoms with Crippen LogP contribution in [0.3, 0.4) is 0 Å². The summed E-state index contributed by atoms with van der Waals surface area (Å²) in [7, 11) is 0. The number of rotatable bonds is 4. The second-order valence-electron chi connectivity index (χ2n) is 3.18. The van der Waals surface area contributed by atoms with E-state index in [-0.39, 0.29) is 10.6 Å². The van der Waals surface area contributed by atoms with Crippen LogP contribution in [0.2, 0.25) is 0 Å². The Labute approximate surface area is 111 Å². The lowest BCUT2D eigenvalue weighted by atomic mass is 10.1. The van der Waals surface area contributed by atoms with Gasteiger partial charge >= 0.3 is 0 Å². The standard InChI is InChI=1S/C11H12Br2OS/c1-7(14)11(13)9-4-3-8(6-12)5-10(9)15-2/h3-5,11H,6H2,1-2H3. The van der Waals surface area contributed by atoms with E-state index in [4.69, 9.17) is 0 Å². The Balaban J connectivity index is 3.12. The highest BCUT2D eigenvalue weighted by atomic mass is 79.9. The smallest absolute Gasteiger partial charge is 0.147 e. The number of alkyl halides is 2. The molecule has 1 unspecified atom stereocenters. The molecule has 15 heavy (non-hydrogen) atoms. The van der Waals surface area contributed by atoms with Gasteiger partial charge in [-0.2, -0.15) is 0 Å². The fourth-order valence-corrected chi connectivity index (χ4v) is 2.86. The molecule has 0 saturated heterocycles. The molecule has 0 fully saturated rings. The zero-order valence-corrected chi connectivity index (χ0v) is 12.6. The lowest BCUT2D eigenvalue weighted by molar-refractivity contribution is -0.116. The first-order chi connectivity index (χ1) is 7.10. The second-order valence-corrected chi connectivity index (χ2v) is 5.51. The molecule has 0 N–H and O–H groups in total. The summed E-state index contributed by atoms with van der Waals surface area (Å²) in [6, 6.07) is 6.18. The molecular formula is C11H12Br2OS. The summed E-state index contributed by atoms with van der Waals surface area (Å²) in [4.78, 5) is 12.3. The number of ketones is 1. The molecule has 0 spiro atoms. The molecule has 0 aliphatic heterocycles. The fourth-order valence-electron chi connectivity index (χ4n) is 1.27. The molecule has 0 bridgehead atoms. The van der Waals surface area contributed by atoms with E-state index < -0.39 is 0 Å². The molecule has 1 rings (SSSR count). The minimum Gasteiger partial charge on any atom is -0.298 e. The van der Waals surface area contributed by atoms with Crippen molar-refractivity contribution in [3.8, 4) is 0 Å². The van der Waals surface area contributed by atoms with E-state index in [1.165, 1.54) is 5.56 Å². The Morgan fingerprint density at radius 1 is 1.53 bits per heavy atom. The molecule has 0 aromatic heterocycles. The third-order valence-corrected chi connectivity index (χ3v) is 4.66.